The second-order valence-corrected chi connectivity index (χ2v) is 4.46. The molecule has 5 heteroatoms. The molecule has 0 fully saturated rings. The highest BCUT2D eigenvalue weighted by atomic mass is 32.1. The van der Waals surface area contributed by atoms with E-state index < -0.39 is 6.10 Å². The van der Waals surface area contributed by atoms with E-state index in [2.05, 4.69) is 10.2 Å². The van der Waals surface area contributed by atoms with Gasteiger partial charge in [0.2, 0.25) is 0 Å². The van der Waals surface area contributed by atoms with Crippen molar-refractivity contribution in [2.75, 3.05) is 0 Å². The predicted octanol–water partition coefficient (Wildman–Crippen LogP) is 1.75. The van der Waals surface area contributed by atoms with Crippen LogP contribution in [0.5, 0.6) is 0 Å². The van der Waals surface area contributed by atoms with Crippen molar-refractivity contribution in [3.63, 3.8) is 0 Å². The van der Waals surface area contributed by atoms with Crippen molar-refractivity contribution < 1.29 is 5.11 Å². The minimum Gasteiger partial charge on any atom is -0.385 e. The van der Waals surface area contributed by atoms with E-state index in [1.54, 1.807) is 6.92 Å². The number of nitrogens with zero attached hydrogens (tertiary/aromatic N) is 2. The molecule has 0 aromatic carbocycles. The highest BCUT2D eigenvalue weighted by molar-refractivity contribution is 7.71. The Morgan fingerprint density at radius 2 is 2.08 bits per heavy atom. The maximum Gasteiger partial charge on any atom is 0.195 e. The Bertz CT molecular complexity index is 345. The third-order valence-corrected chi connectivity index (χ3v) is 2.02. The monoisotopic (exact) mass is 201 g/mol. The number of hydrogen-bond acceptors (Lipinski definition) is 3. The Labute approximate surface area is 82.6 Å². The van der Waals surface area contributed by atoms with Gasteiger partial charge in [0.05, 0.1) is 0 Å². The molecule has 1 atom stereocenters. The molecule has 0 saturated carbocycles. The Hall–Kier alpha value is -0.680. The molecule has 13 heavy (non-hydrogen) atoms. The lowest BCUT2D eigenvalue weighted by Crippen LogP contribution is -2.25. The average molecular weight is 201 g/mol. The van der Waals surface area contributed by atoms with Crippen molar-refractivity contribution in [2.45, 2.75) is 39.3 Å². The van der Waals surface area contributed by atoms with Crippen LogP contribution in [0.15, 0.2) is 0 Å². The molecule has 4 nitrogen and oxygen atoms in total. The Morgan fingerprint density at radius 3 is 2.38 bits per heavy atom. The van der Waals surface area contributed by atoms with Gasteiger partial charge in [0.15, 0.2) is 10.6 Å². The maximum atomic E-state index is 9.43. The molecule has 1 rings (SSSR count). The van der Waals surface area contributed by atoms with E-state index in [-0.39, 0.29) is 5.54 Å². The van der Waals surface area contributed by atoms with E-state index in [0.717, 1.165) is 0 Å². The van der Waals surface area contributed by atoms with E-state index >= 15 is 0 Å². The van der Waals surface area contributed by atoms with Gasteiger partial charge >= 0.3 is 0 Å². The van der Waals surface area contributed by atoms with Crippen LogP contribution in [0, 0.1) is 4.77 Å². The summed E-state index contributed by atoms with van der Waals surface area (Å²) in [5.41, 5.74) is -0.156. The summed E-state index contributed by atoms with van der Waals surface area (Å²) in [7, 11) is 0. The van der Waals surface area contributed by atoms with Gasteiger partial charge in [-0.1, -0.05) is 0 Å². The highest BCUT2D eigenvalue weighted by Crippen LogP contribution is 2.20. The molecule has 0 bridgehead atoms. The number of aromatic amines is 1. The Morgan fingerprint density at radius 1 is 1.54 bits per heavy atom. The topological polar surface area (TPSA) is 53.8 Å². The summed E-state index contributed by atoms with van der Waals surface area (Å²) in [6, 6.07) is 0. The predicted molar refractivity (Wildman–Crippen MR) is 53.0 cm³/mol. The van der Waals surface area contributed by atoms with Crippen LogP contribution in [-0.2, 0) is 5.54 Å². The number of aliphatic hydroxyl groups excluding tert-OH is 1. The molecule has 0 spiro atoms. The van der Waals surface area contributed by atoms with Gasteiger partial charge in [-0.05, 0) is 39.9 Å². The summed E-state index contributed by atoms with van der Waals surface area (Å²) in [5.74, 6) is 0.581. The van der Waals surface area contributed by atoms with Crippen molar-refractivity contribution in [2.24, 2.45) is 0 Å². The lowest BCUT2D eigenvalue weighted by Gasteiger charge is -2.23. The molecule has 1 aromatic rings. The largest absolute Gasteiger partial charge is 0.385 e. The van der Waals surface area contributed by atoms with Crippen LogP contribution in [0.1, 0.15) is 39.6 Å². The molecule has 0 aliphatic rings. The summed E-state index contributed by atoms with van der Waals surface area (Å²) in [6.45, 7) is 7.73. The van der Waals surface area contributed by atoms with Gasteiger partial charge in [0.1, 0.15) is 6.10 Å². The van der Waals surface area contributed by atoms with Crippen LogP contribution in [0.25, 0.3) is 0 Å². The van der Waals surface area contributed by atoms with Crippen LogP contribution in [0.4, 0.5) is 0 Å². The number of H-pyrrole nitrogens is 1. The highest BCUT2D eigenvalue weighted by Gasteiger charge is 2.21. The maximum absolute atomic E-state index is 9.43. The molecule has 1 aromatic heterocycles. The zero-order valence-electron chi connectivity index (χ0n) is 8.33. The molecule has 0 radical (unpaired) electrons. The van der Waals surface area contributed by atoms with E-state index in [4.69, 9.17) is 12.2 Å². The summed E-state index contributed by atoms with van der Waals surface area (Å²) < 4.78 is 2.37. The average Bonchev–Trinajstić information content (AvgIpc) is 2.28. The number of nitrogens with one attached hydrogen (secondary N) is 1. The van der Waals surface area contributed by atoms with Crippen molar-refractivity contribution in [3.05, 3.63) is 10.6 Å². The van der Waals surface area contributed by atoms with Crippen molar-refractivity contribution >= 4 is 12.2 Å². The lowest BCUT2D eigenvalue weighted by atomic mass is 10.1. The van der Waals surface area contributed by atoms with Gasteiger partial charge in [0.25, 0.3) is 0 Å². The lowest BCUT2D eigenvalue weighted by molar-refractivity contribution is 0.174. The van der Waals surface area contributed by atoms with E-state index in [1.165, 1.54) is 0 Å². The summed E-state index contributed by atoms with van der Waals surface area (Å²) in [6.07, 6.45) is -0.604. The second-order valence-electron chi connectivity index (χ2n) is 4.07. The van der Waals surface area contributed by atoms with Crippen LogP contribution < -0.4 is 0 Å². The third-order valence-electron chi connectivity index (χ3n) is 1.74. The molecule has 0 saturated heterocycles. The summed E-state index contributed by atoms with van der Waals surface area (Å²) >= 11 is 5.07. The molecular formula is C8H15N3OS. The van der Waals surface area contributed by atoms with Gasteiger partial charge in [-0.3, -0.25) is 9.67 Å². The van der Waals surface area contributed by atoms with Gasteiger partial charge in [-0.25, -0.2) is 0 Å². The molecular weight excluding hydrogens is 186 g/mol. The fourth-order valence-corrected chi connectivity index (χ4v) is 1.65. The molecule has 0 amide bonds. The van der Waals surface area contributed by atoms with Crippen LogP contribution >= 0.6 is 12.2 Å². The molecule has 74 valence electrons. The van der Waals surface area contributed by atoms with Crippen molar-refractivity contribution in [1.29, 1.82) is 0 Å². The SMILES string of the molecule is C[C@H](O)c1n[nH]c(=S)n1C(C)(C)C. The first-order valence-corrected chi connectivity index (χ1v) is 4.60. The zero-order valence-corrected chi connectivity index (χ0v) is 9.14. The fraction of sp³-hybridized carbons (Fsp3) is 0.750. The van der Waals surface area contributed by atoms with E-state index in [1.807, 2.05) is 25.3 Å². The molecule has 2 N–H and O–H groups in total. The van der Waals surface area contributed by atoms with E-state index in [9.17, 15) is 5.11 Å². The third kappa shape index (κ3) is 1.97. The van der Waals surface area contributed by atoms with Gasteiger partial charge in [-0.15, -0.1) is 0 Å². The normalized spacial score (nSPS) is 14.5. The fourth-order valence-electron chi connectivity index (χ4n) is 1.24. The van der Waals surface area contributed by atoms with E-state index in [0.29, 0.717) is 10.6 Å². The minimum atomic E-state index is -0.604. The molecule has 0 aliphatic carbocycles. The molecule has 0 aliphatic heterocycles. The van der Waals surface area contributed by atoms with Gasteiger partial charge in [-0.2, -0.15) is 5.10 Å². The van der Waals surface area contributed by atoms with Crippen molar-refractivity contribution in [1.82, 2.24) is 14.8 Å². The summed E-state index contributed by atoms with van der Waals surface area (Å²) in [4.78, 5) is 0. The second kappa shape index (κ2) is 3.23. The smallest absolute Gasteiger partial charge is 0.195 e. The first kappa shape index (κ1) is 10.4. The Kier molecular flexibility index (Phi) is 2.58. The number of aromatic nitrogens is 3. The first-order chi connectivity index (χ1) is 5.84. The first-order valence-electron chi connectivity index (χ1n) is 4.20. The Balaban J connectivity index is 3.33. The molecule has 0 unspecified atom stereocenters. The van der Waals surface area contributed by atoms with Gasteiger partial charge in [0, 0.05) is 5.54 Å². The number of rotatable bonds is 1. The van der Waals surface area contributed by atoms with Gasteiger partial charge < -0.3 is 5.11 Å². The zero-order chi connectivity index (χ0) is 10.2. The quantitative estimate of drug-likeness (QED) is 0.681. The standard InChI is InChI=1S/C8H15N3OS/c1-5(12)6-9-10-7(13)11(6)8(2,3)4/h5,12H,1-4H3,(H,10,13)/t5-/m0/s1. The number of hydrogen-bond donors (Lipinski definition) is 2. The van der Waals surface area contributed by atoms with Crippen LogP contribution in [0.3, 0.4) is 0 Å². The minimum absolute atomic E-state index is 0.156. The van der Waals surface area contributed by atoms with Crippen molar-refractivity contribution in [3.8, 4) is 0 Å². The van der Waals surface area contributed by atoms with Crippen LogP contribution in [-0.4, -0.2) is 19.9 Å². The molecule has 1 heterocycles. The summed E-state index contributed by atoms with van der Waals surface area (Å²) in [5, 5.41) is 16.1. The van der Waals surface area contributed by atoms with Crippen LogP contribution in [0.2, 0.25) is 0 Å². The number of aliphatic hydroxyl groups is 1.